The van der Waals surface area contributed by atoms with Crippen molar-refractivity contribution in [3.8, 4) is 0 Å². The Morgan fingerprint density at radius 2 is 1.96 bits per heavy atom. The third-order valence-corrected chi connectivity index (χ3v) is 5.15. The zero-order valence-electron chi connectivity index (χ0n) is 14.6. The lowest BCUT2D eigenvalue weighted by molar-refractivity contribution is -0.169. The molecule has 2 N–H and O–H groups in total. The molecule has 0 radical (unpaired) electrons. The van der Waals surface area contributed by atoms with Gasteiger partial charge in [-0.1, -0.05) is 6.07 Å². The second-order valence-electron chi connectivity index (χ2n) is 7.45. The number of hydrogen-bond acceptors (Lipinski definition) is 3. The summed E-state index contributed by atoms with van der Waals surface area (Å²) in [7, 11) is 0. The van der Waals surface area contributed by atoms with E-state index in [0.717, 1.165) is 12.1 Å². The van der Waals surface area contributed by atoms with Gasteiger partial charge in [-0.25, -0.2) is 4.79 Å². The highest BCUT2D eigenvalue weighted by Gasteiger charge is 2.45. The summed E-state index contributed by atoms with van der Waals surface area (Å²) in [6.45, 7) is 3.15. The van der Waals surface area contributed by atoms with E-state index in [4.69, 9.17) is 4.74 Å². The fourth-order valence-corrected chi connectivity index (χ4v) is 3.74. The summed E-state index contributed by atoms with van der Waals surface area (Å²) in [5.41, 5.74) is -1.87. The van der Waals surface area contributed by atoms with Gasteiger partial charge in [0.1, 0.15) is 0 Å². The van der Waals surface area contributed by atoms with Crippen LogP contribution in [-0.4, -0.2) is 46.9 Å². The molecule has 1 aromatic carbocycles. The van der Waals surface area contributed by atoms with Crippen molar-refractivity contribution in [2.45, 2.75) is 50.0 Å². The van der Waals surface area contributed by atoms with E-state index < -0.39 is 29.0 Å². The molecular weight excluding hydrogens is 349 g/mol. The molecule has 144 valence electrons. The highest BCUT2D eigenvalue weighted by Crippen LogP contribution is 2.39. The molecule has 0 aliphatic carbocycles. The van der Waals surface area contributed by atoms with E-state index in [0.29, 0.717) is 45.4 Å². The van der Waals surface area contributed by atoms with E-state index in [-0.39, 0.29) is 5.69 Å². The molecule has 2 aliphatic rings. The first-order valence-electron chi connectivity index (χ1n) is 8.68. The van der Waals surface area contributed by atoms with Crippen molar-refractivity contribution in [2.24, 2.45) is 0 Å². The standard InChI is InChI=1S/C18H23F3N2O3/c1-16(25)7-10-26-17(12-16)5-8-23(9-6-17)15(24)22-14-4-2-3-13(11-14)18(19,20)21/h2-4,11,25H,5-10,12H2,1H3,(H,22,24). The van der Waals surface area contributed by atoms with Crippen molar-refractivity contribution in [1.82, 2.24) is 4.90 Å². The fraction of sp³-hybridized carbons (Fsp3) is 0.611. The Morgan fingerprint density at radius 1 is 1.27 bits per heavy atom. The number of hydrogen-bond donors (Lipinski definition) is 2. The molecule has 26 heavy (non-hydrogen) atoms. The molecule has 5 nitrogen and oxygen atoms in total. The van der Waals surface area contributed by atoms with Crippen LogP contribution in [-0.2, 0) is 10.9 Å². The zero-order valence-corrected chi connectivity index (χ0v) is 14.6. The van der Waals surface area contributed by atoms with Crippen LogP contribution in [0.3, 0.4) is 0 Å². The van der Waals surface area contributed by atoms with Crippen LogP contribution in [0, 0.1) is 0 Å². The first kappa shape index (κ1) is 19.0. The Morgan fingerprint density at radius 3 is 2.58 bits per heavy atom. The first-order valence-corrected chi connectivity index (χ1v) is 8.68. The van der Waals surface area contributed by atoms with Gasteiger partial charge in [-0.3, -0.25) is 0 Å². The van der Waals surface area contributed by atoms with Gasteiger partial charge in [-0.15, -0.1) is 0 Å². The molecule has 1 atom stereocenters. The number of urea groups is 1. The monoisotopic (exact) mass is 372 g/mol. The van der Waals surface area contributed by atoms with Crippen molar-refractivity contribution in [2.75, 3.05) is 25.0 Å². The molecule has 0 bridgehead atoms. The summed E-state index contributed by atoms with van der Waals surface area (Å²) in [4.78, 5) is 13.9. The van der Waals surface area contributed by atoms with Crippen LogP contribution in [0.2, 0.25) is 0 Å². The number of nitrogens with zero attached hydrogens (tertiary/aromatic N) is 1. The maximum Gasteiger partial charge on any atom is 0.416 e. The van der Waals surface area contributed by atoms with E-state index in [1.165, 1.54) is 12.1 Å². The first-order chi connectivity index (χ1) is 12.1. The number of piperidine rings is 1. The maximum atomic E-state index is 12.8. The average Bonchev–Trinajstić information content (AvgIpc) is 2.54. The maximum absolute atomic E-state index is 12.8. The summed E-state index contributed by atoms with van der Waals surface area (Å²) >= 11 is 0. The van der Waals surface area contributed by atoms with Crippen molar-refractivity contribution in [1.29, 1.82) is 0 Å². The molecule has 1 spiro atoms. The topological polar surface area (TPSA) is 61.8 Å². The predicted molar refractivity (Wildman–Crippen MR) is 89.8 cm³/mol. The number of nitrogens with one attached hydrogen (secondary N) is 1. The van der Waals surface area contributed by atoms with E-state index >= 15 is 0 Å². The number of amides is 2. The summed E-state index contributed by atoms with van der Waals surface area (Å²) in [5.74, 6) is 0. The lowest BCUT2D eigenvalue weighted by Crippen LogP contribution is -2.54. The second-order valence-corrected chi connectivity index (χ2v) is 7.45. The van der Waals surface area contributed by atoms with E-state index in [2.05, 4.69) is 5.32 Å². The minimum absolute atomic E-state index is 0.113. The molecule has 0 saturated carbocycles. The molecule has 3 rings (SSSR count). The smallest absolute Gasteiger partial charge is 0.390 e. The van der Waals surface area contributed by atoms with Gasteiger partial charge in [-0.05, 0) is 44.4 Å². The number of ether oxygens (including phenoxy) is 1. The number of rotatable bonds is 1. The number of carbonyl (C=O) groups excluding carboxylic acids is 1. The zero-order chi connectivity index (χ0) is 19.0. The van der Waals surface area contributed by atoms with Crippen LogP contribution in [0.25, 0.3) is 0 Å². The Hall–Kier alpha value is -1.80. The number of aliphatic hydroxyl groups is 1. The van der Waals surface area contributed by atoms with Crippen LogP contribution in [0.4, 0.5) is 23.7 Å². The summed E-state index contributed by atoms with van der Waals surface area (Å²) in [5, 5.41) is 12.8. The minimum Gasteiger partial charge on any atom is -0.390 e. The predicted octanol–water partition coefficient (Wildman–Crippen LogP) is 3.63. The van der Waals surface area contributed by atoms with Crippen LogP contribution < -0.4 is 5.32 Å². The third kappa shape index (κ3) is 4.29. The average molecular weight is 372 g/mol. The van der Waals surface area contributed by atoms with E-state index in [1.54, 1.807) is 11.8 Å². The van der Waals surface area contributed by atoms with Gasteiger partial charge in [0.25, 0.3) is 0 Å². The summed E-state index contributed by atoms with van der Waals surface area (Å²) in [6, 6.07) is 4.15. The molecule has 0 aromatic heterocycles. The van der Waals surface area contributed by atoms with E-state index in [9.17, 15) is 23.1 Å². The number of carbonyl (C=O) groups is 1. The van der Waals surface area contributed by atoms with Crippen LogP contribution in [0.5, 0.6) is 0 Å². The second kappa shape index (κ2) is 6.74. The van der Waals surface area contributed by atoms with Gasteiger partial charge in [0.2, 0.25) is 0 Å². The Balaban J connectivity index is 1.59. The minimum atomic E-state index is -4.45. The summed E-state index contributed by atoms with van der Waals surface area (Å²) in [6.07, 6.45) is -2.14. The molecule has 2 saturated heterocycles. The highest BCUT2D eigenvalue weighted by atomic mass is 19.4. The van der Waals surface area contributed by atoms with Crippen LogP contribution in [0.1, 0.15) is 38.2 Å². The molecular formula is C18H23F3N2O3. The molecule has 2 heterocycles. The van der Waals surface area contributed by atoms with Crippen molar-refractivity contribution < 1.29 is 27.8 Å². The lowest BCUT2D eigenvalue weighted by atomic mass is 9.78. The van der Waals surface area contributed by atoms with Gasteiger partial charge >= 0.3 is 12.2 Å². The number of benzene rings is 1. The molecule has 1 unspecified atom stereocenters. The Labute approximate surface area is 150 Å². The SMILES string of the molecule is CC1(O)CCOC2(CCN(C(=O)Nc3cccc(C(F)(F)F)c3)CC2)C1. The van der Waals surface area contributed by atoms with Gasteiger partial charge in [0, 0.05) is 25.2 Å². The van der Waals surface area contributed by atoms with Crippen LogP contribution in [0.15, 0.2) is 24.3 Å². The van der Waals surface area contributed by atoms with Gasteiger partial charge in [0.15, 0.2) is 0 Å². The fourth-order valence-electron chi connectivity index (χ4n) is 3.74. The molecule has 1 aromatic rings. The number of likely N-dealkylation sites (tertiary alicyclic amines) is 1. The third-order valence-electron chi connectivity index (χ3n) is 5.15. The Bertz CT molecular complexity index is 668. The van der Waals surface area contributed by atoms with Gasteiger partial charge < -0.3 is 20.1 Å². The molecule has 8 heteroatoms. The van der Waals surface area contributed by atoms with Crippen LogP contribution >= 0.6 is 0 Å². The molecule has 2 fully saturated rings. The summed E-state index contributed by atoms with van der Waals surface area (Å²) < 4.78 is 44.2. The molecule has 2 amide bonds. The Kier molecular flexibility index (Phi) is 4.92. The quantitative estimate of drug-likeness (QED) is 0.791. The number of anilines is 1. The van der Waals surface area contributed by atoms with Crippen molar-refractivity contribution in [3.63, 3.8) is 0 Å². The molecule has 2 aliphatic heterocycles. The largest absolute Gasteiger partial charge is 0.416 e. The van der Waals surface area contributed by atoms with Gasteiger partial charge in [0.05, 0.1) is 23.4 Å². The van der Waals surface area contributed by atoms with E-state index in [1.807, 2.05) is 0 Å². The van der Waals surface area contributed by atoms with Crippen molar-refractivity contribution in [3.05, 3.63) is 29.8 Å². The number of alkyl halides is 3. The number of halogens is 3. The normalized spacial score (nSPS) is 26.0. The van der Waals surface area contributed by atoms with Gasteiger partial charge in [-0.2, -0.15) is 13.2 Å². The lowest BCUT2D eigenvalue weighted by Gasteiger charge is -2.48. The highest BCUT2D eigenvalue weighted by molar-refractivity contribution is 5.89. The van der Waals surface area contributed by atoms with Crippen molar-refractivity contribution >= 4 is 11.7 Å².